The Balaban J connectivity index is 2.04. The normalized spacial score (nSPS) is 10.3. The highest BCUT2D eigenvalue weighted by Gasteiger charge is 1.99. The van der Waals surface area contributed by atoms with Gasteiger partial charge in [0.1, 0.15) is 5.82 Å². The van der Waals surface area contributed by atoms with Crippen LogP contribution in [0.15, 0.2) is 42.5 Å². The van der Waals surface area contributed by atoms with Crippen LogP contribution in [0.25, 0.3) is 0 Å². The second kappa shape index (κ2) is 5.39. The third-order valence-electron chi connectivity index (χ3n) is 2.27. The lowest BCUT2D eigenvalue weighted by molar-refractivity contribution is 0.628. The lowest BCUT2D eigenvalue weighted by Gasteiger charge is -2.07. The Labute approximate surface area is 109 Å². The molecule has 2 rings (SSSR count). The largest absolute Gasteiger partial charge is 0.381 e. The molecule has 1 nitrogen and oxygen atoms in total. The van der Waals surface area contributed by atoms with Gasteiger partial charge in [0.05, 0.1) is 0 Å². The van der Waals surface area contributed by atoms with E-state index in [0.717, 1.165) is 5.56 Å². The first-order valence-corrected chi connectivity index (χ1v) is 5.83. The maximum absolute atomic E-state index is 13.1. The highest BCUT2D eigenvalue weighted by atomic mass is 35.5. The molecule has 0 bridgehead atoms. The van der Waals surface area contributed by atoms with Gasteiger partial charge in [0, 0.05) is 22.3 Å². The van der Waals surface area contributed by atoms with Gasteiger partial charge in [0.15, 0.2) is 0 Å². The van der Waals surface area contributed by atoms with Crippen molar-refractivity contribution in [2.45, 2.75) is 6.54 Å². The van der Waals surface area contributed by atoms with E-state index in [-0.39, 0.29) is 5.82 Å². The molecule has 0 aliphatic heterocycles. The quantitative estimate of drug-likeness (QED) is 0.849. The Morgan fingerprint density at radius 2 is 1.65 bits per heavy atom. The van der Waals surface area contributed by atoms with E-state index in [0.29, 0.717) is 22.3 Å². The van der Waals surface area contributed by atoms with E-state index in [1.807, 2.05) is 24.3 Å². The topological polar surface area (TPSA) is 12.0 Å². The van der Waals surface area contributed by atoms with Gasteiger partial charge in [0.2, 0.25) is 0 Å². The summed E-state index contributed by atoms with van der Waals surface area (Å²) in [5.41, 5.74) is 1.72. The second-order valence-electron chi connectivity index (χ2n) is 3.64. The number of rotatable bonds is 3. The summed E-state index contributed by atoms with van der Waals surface area (Å²) >= 11 is 11.5. The van der Waals surface area contributed by atoms with Gasteiger partial charge in [0.25, 0.3) is 0 Å². The van der Waals surface area contributed by atoms with Gasteiger partial charge >= 0.3 is 0 Å². The van der Waals surface area contributed by atoms with Gasteiger partial charge in [-0.15, -0.1) is 0 Å². The first-order valence-electron chi connectivity index (χ1n) is 5.08. The standard InChI is InChI=1S/C13H10Cl2FN/c14-10-3-1-9(2-4-10)8-17-13-6-11(15)5-12(16)7-13/h1-7,17H,8H2. The fraction of sp³-hybridized carbons (Fsp3) is 0.0769. The van der Waals surface area contributed by atoms with Crippen LogP contribution in [0.2, 0.25) is 10.0 Å². The van der Waals surface area contributed by atoms with Crippen molar-refractivity contribution in [2.24, 2.45) is 0 Å². The van der Waals surface area contributed by atoms with Crippen molar-refractivity contribution in [1.82, 2.24) is 0 Å². The van der Waals surface area contributed by atoms with Crippen molar-refractivity contribution in [3.8, 4) is 0 Å². The van der Waals surface area contributed by atoms with Gasteiger partial charge < -0.3 is 5.32 Å². The predicted octanol–water partition coefficient (Wildman–Crippen LogP) is 4.74. The monoisotopic (exact) mass is 269 g/mol. The molecule has 0 atom stereocenters. The van der Waals surface area contributed by atoms with Crippen molar-refractivity contribution < 1.29 is 4.39 Å². The highest BCUT2D eigenvalue weighted by Crippen LogP contribution is 2.19. The van der Waals surface area contributed by atoms with Crippen molar-refractivity contribution in [1.29, 1.82) is 0 Å². The van der Waals surface area contributed by atoms with Gasteiger partial charge in [-0.25, -0.2) is 4.39 Å². The molecular weight excluding hydrogens is 260 g/mol. The number of benzene rings is 2. The van der Waals surface area contributed by atoms with Crippen LogP contribution in [0.1, 0.15) is 5.56 Å². The van der Waals surface area contributed by atoms with Gasteiger partial charge in [-0.3, -0.25) is 0 Å². The van der Waals surface area contributed by atoms with Crippen LogP contribution < -0.4 is 5.32 Å². The fourth-order valence-electron chi connectivity index (χ4n) is 1.46. The molecular formula is C13H10Cl2FN. The first-order chi connectivity index (χ1) is 8.13. The third-order valence-corrected chi connectivity index (χ3v) is 2.74. The highest BCUT2D eigenvalue weighted by molar-refractivity contribution is 6.31. The summed E-state index contributed by atoms with van der Waals surface area (Å²) in [6.07, 6.45) is 0. The van der Waals surface area contributed by atoms with Crippen molar-refractivity contribution in [2.75, 3.05) is 5.32 Å². The summed E-state index contributed by atoms with van der Waals surface area (Å²) in [5.74, 6) is -0.351. The van der Waals surface area contributed by atoms with Crippen LogP contribution in [0.5, 0.6) is 0 Å². The molecule has 0 saturated heterocycles. The van der Waals surface area contributed by atoms with Crippen molar-refractivity contribution in [3.63, 3.8) is 0 Å². The molecule has 2 aromatic carbocycles. The molecule has 0 radical (unpaired) electrons. The maximum atomic E-state index is 13.1. The number of anilines is 1. The van der Waals surface area contributed by atoms with Crippen molar-refractivity contribution in [3.05, 3.63) is 63.9 Å². The minimum Gasteiger partial charge on any atom is -0.381 e. The minimum atomic E-state index is -0.351. The molecule has 0 aliphatic rings. The summed E-state index contributed by atoms with van der Waals surface area (Å²) in [4.78, 5) is 0. The van der Waals surface area contributed by atoms with Crippen LogP contribution in [0.3, 0.4) is 0 Å². The molecule has 0 fully saturated rings. The molecule has 0 heterocycles. The minimum absolute atomic E-state index is 0.351. The average molecular weight is 270 g/mol. The summed E-state index contributed by atoms with van der Waals surface area (Å²) in [5, 5.41) is 4.17. The summed E-state index contributed by atoms with van der Waals surface area (Å²) < 4.78 is 13.1. The fourth-order valence-corrected chi connectivity index (χ4v) is 1.81. The van der Waals surface area contributed by atoms with E-state index in [4.69, 9.17) is 23.2 Å². The SMILES string of the molecule is Fc1cc(Cl)cc(NCc2ccc(Cl)cc2)c1. The predicted molar refractivity (Wildman–Crippen MR) is 70.2 cm³/mol. The summed E-state index contributed by atoms with van der Waals surface area (Å²) in [6.45, 7) is 0.594. The molecule has 0 saturated carbocycles. The zero-order chi connectivity index (χ0) is 12.3. The van der Waals surface area contributed by atoms with Crippen LogP contribution >= 0.6 is 23.2 Å². The Kier molecular flexibility index (Phi) is 3.87. The number of halogens is 3. The maximum Gasteiger partial charge on any atom is 0.126 e. The zero-order valence-electron chi connectivity index (χ0n) is 8.88. The summed E-state index contributed by atoms with van der Waals surface area (Å²) in [6, 6.07) is 11.8. The zero-order valence-corrected chi connectivity index (χ0v) is 10.4. The Bertz CT molecular complexity index is 491. The average Bonchev–Trinajstić information content (AvgIpc) is 2.27. The van der Waals surface area contributed by atoms with Crippen LogP contribution in [0.4, 0.5) is 10.1 Å². The molecule has 0 amide bonds. The molecule has 2 aromatic rings. The Hall–Kier alpha value is -1.25. The molecule has 0 aliphatic carbocycles. The smallest absolute Gasteiger partial charge is 0.126 e. The summed E-state index contributed by atoms with van der Waals surface area (Å²) in [7, 11) is 0. The van der Waals surface area contributed by atoms with E-state index in [1.54, 1.807) is 6.07 Å². The number of hydrogen-bond donors (Lipinski definition) is 1. The lowest BCUT2D eigenvalue weighted by Crippen LogP contribution is -1.99. The van der Waals surface area contributed by atoms with Gasteiger partial charge in [-0.1, -0.05) is 35.3 Å². The van der Waals surface area contributed by atoms with E-state index in [2.05, 4.69) is 5.32 Å². The van der Waals surface area contributed by atoms with E-state index in [9.17, 15) is 4.39 Å². The number of hydrogen-bond acceptors (Lipinski definition) is 1. The van der Waals surface area contributed by atoms with Gasteiger partial charge in [-0.05, 0) is 35.9 Å². The second-order valence-corrected chi connectivity index (χ2v) is 4.51. The number of nitrogens with one attached hydrogen (secondary N) is 1. The molecule has 1 N–H and O–H groups in total. The Morgan fingerprint density at radius 1 is 0.941 bits per heavy atom. The van der Waals surface area contributed by atoms with E-state index in [1.165, 1.54) is 12.1 Å². The molecule has 88 valence electrons. The van der Waals surface area contributed by atoms with Crippen molar-refractivity contribution >= 4 is 28.9 Å². The van der Waals surface area contributed by atoms with Crippen LogP contribution in [0, 0.1) is 5.82 Å². The molecule has 0 spiro atoms. The first kappa shape index (κ1) is 12.2. The molecule has 17 heavy (non-hydrogen) atoms. The molecule has 0 unspecified atom stereocenters. The Morgan fingerprint density at radius 3 is 2.29 bits per heavy atom. The van der Waals surface area contributed by atoms with Crippen LogP contribution in [-0.2, 0) is 6.54 Å². The van der Waals surface area contributed by atoms with Gasteiger partial charge in [-0.2, -0.15) is 0 Å². The van der Waals surface area contributed by atoms with Crippen LogP contribution in [-0.4, -0.2) is 0 Å². The van der Waals surface area contributed by atoms with E-state index < -0.39 is 0 Å². The molecule has 0 aromatic heterocycles. The third kappa shape index (κ3) is 3.62. The van der Waals surface area contributed by atoms with E-state index >= 15 is 0 Å². The molecule has 4 heteroatoms. The lowest BCUT2D eigenvalue weighted by atomic mass is 10.2.